The normalized spacial score (nSPS) is 17.0. The van der Waals surface area contributed by atoms with Gasteiger partial charge in [0.05, 0.1) is 0 Å². The topological polar surface area (TPSA) is 20.3 Å². The molecule has 2 aliphatic rings. The summed E-state index contributed by atoms with van der Waals surface area (Å²) in [5.74, 6) is -0.229. The van der Waals surface area contributed by atoms with E-state index in [4.69, 9.17) is 0 Å². The summed E-state index contributed by atoms with van der Waals surface area (Å²) in [6, 6.07) is 10.7. The molecule has 1 fully saturated rings. The fraction of sp³-hybridized carbons (Fsp3) is 0.227. The molecule has 3 heteroatoms. The number of likely N-dealkylation sites (tertiary alicyclic amines) is 1. The molecule has 1 aliphatic carbocycles. The van der Waals surface area contributed by atoms with Crippen LogP contribution in [0.5, 0.6) is 0 Å². The summed E-state index contributed by atoms with van der Waals surface area (Å²) in [5.41, 5.74) is 7.15. The van der Waals surface area contributed by atoms with E-state index in [1.807, 2.05) is 30.3 Å². The zero-order chi connectivity index (χ0) is 17.4. The molecule has 4 rings (SSSR count). The van der Waals surface area contributed by atoms with Gasteiger partial charge in [0.2, 0.25) is 0 Å². The average Bonchev–Trinajstić information content (AvgIpc) is 2.78. The minimum atomic E-state index is -0.229. The Labute approximate surface area is 147 Å². The summed E-state index contributed by atoms with van der Waals surface area (Å²) in [7, 11) is 2.13. The quantitative estimate of drug-likeness (QED) is 0.604. The van der Waals surface area contributed by atoms with Crippen LogP contribution < -0.4 is 0 Å². The molecule has 0 aromatic heterocycles. The fourth-order valence-corrected chi connectivity index (χ4v) is 3.74. The van der Waals surface area contributed by atoms with Crippen LogP contribution in [0, 0.1) is 5.82 Å². The zero-order valence-electron chi connectivity index (χ0n) is 14.3. The van der Waals surface area contributed by atoms with Crippen LogP contribution in [0.4, 0.5) is 4.39 Å². The van der Waals surface area contributed by atoms with Gasteiger partial charge < -0.3 is 4.90 Å². The average molecular weight is 333 g/mol. The second-order valence-electron chi connectivity index (χ2n) is 6.81. The first kappa shape index (κ1) is 16.0. The van der Waals surface area contributed by atoms with E-state index in [1.54, 1.807) is 6.07 Å². The van der Waals surface area contributed by atoms with E-state index in [0.717, 1.165) is 60.0 Å². The number of piperidine rings is 1. The van der Waals surface area contributed by atoms with Gasteiger partial charge in [0.25, 0.3) is 0 Å². The summed E-state index contributed by atoms with van der Waals surface area (Å²) in [4.78, 5) is 13.6. The Balaban J connectivity index is 2.00. The van der Waals surface area contributed by atoms with Crippen molar-refractivity contribution in [3.05, 3.63) is 75.6 Å². The van der Waals surface area contributed by atoms with Crippen molar-refractivity contribution in [2.75, 3.05) is 20.1 Å². The molecule has 1 aliphatic heterocycles. The van der Waals surface area contributed by atoms with Gasteiger partial charge >= 0.3 is 0 Å². The molecular formula is C22H20FNO. The molecule has 0 amide bonds. The Bertz CT molecular complexity index is 900. The van der Waals surface area contributed by atoms with Crippen LogP contribution >= 0.6 is 0 Å². The van der Waals surface area contributed by atoms with Gasteiger partial charge in [-0.05, 0) is 65.9 Å². The molecule has 126 valence electrons. The Hall–Kier alpha value is -2.52. The highest BCUT2D eigenvalue weighted by Crippen LogP contribution is 2.39. The van der Waals surface area contributed by atoms with Crippen molar-refractivity contribution in [3.8, 4) is 0 Å². The van der Waals surface area contributed by atoms with E-state index in [-0.39, 0.29) is 5.82 Å². The number of aldehydes is 1. The zero-order valence-corrected chi connectivity index (χ0v) is 14.3. The molecule has 0 bridgehead atoms. The number of rotatable bonds is 1. The van der Waals surface area contributed by atoms with Crippen LogP contribution in [-0.4, -0.2) is 31.3 Å². The van der Waals surface area contributed by atoms with Crippen LogP contribution in [0.25, 0.3) is 17.7 Å². The van der Waals surface area contributed by atoms with Gasteiger partial charge in [-0.1, -0.05) is 35.9 Å². The molecule has 0 unspecified atom stereocenters. The molecule has 1 saturated heterocycles. The molecule has 0 spiro atoms. The monoisotopic (exact) mass is 333 g/mol. The number of nitrogens with zero attached hydrogens (tertiary/aromatic N) is 1. The van der Waals surface area contributed by atoms with Crippen molar-refractivity contribution in [3.63, 3.8) is 0 Å². The smallest absolute Gasteiger partial charge is 0.150 e. The van der Waals surface area contributed by atoms with E-state index in [2.05, 4.69) is 18.0 Å². The Morgan fingerprint density at radius 3 is 2.28 bits per heavy atom. The first-order chi connectivity index (χ1) is 12.2. The van der Waals surface area contributed by atoms with Crippen molar-refractivity contribution < 1.29 is 9.18 Å². The predicted octanol–water partition coefficient (Wildman–Crippen LogP) is 4.65. The summed E-state index contributed by atoms with van der Waals surface area (Å²) < 4.78 is 14.0. The van der Waals surface area contributed by atoms with E-state index in [1.165, 1.54) is 11.6 Å². The SMILES string of the molecule is CN1CCC(=C2c3cc(F)ccc3C=Cc3ccc(C=O)cc32)CC1. The molecule has 0 saturated carbocycles. The molecule has 1 heterocycles. The molecule has 2 aromatic carbocycles. The maximum absolute atomic E-state index is 14.0. The lowest BCUT2D eigenvalue weighted by Crippen LogP contribution is -2.27. The number of benzene rings is 2. The molecule has 0 atom stereocenters. The van der Waals surface area contributed by atoms with E-state index < -0.39 is 0 Å². The third kappa shape index (κ3) is 2.96. The number of hydrogen-bond acceptors (Lipinski definition) is 2. The molecule has 2 nitrogen and oxygen atoms in total. The fourth-order valence-electron chi connectivity index (χ4n) is 3.74. The summed E-state index contributed by atoms with van der Waals surface area (Å²) >= 11 is 0. The third-order valence-corrected chi connectivity index (χ3v) is 5.15. The minimum Gasteiger partial charge on any atom is -0.306 e. The number of carbonyl (C=O) groups is 1. The number of carbonyl (C=O) groups excluding carboxylic acids is 1. The predicted molar refractivity (Wildman–Crippen MR) is 99.9 cm³/mol. The van der Waals surface area contributed by atoms with Crippen LogP contribution in [0.1, 0.15) is 45.5 Å². The van der Waals surface area contributed by atoms with Gasteiger partial charge in [0, 0.05) is 18.7 Å². The number of halogens is 1. The van der Waals surface area contributed by atoms with Crippen molar-refractivity contribution in [1.82, 2.24) is 4.90 Å². The molecule has 0 radical (unpaired) electrons. The Morgan fingerprint density at radius 2 is 1.60 bits per heavy atom. The highest BCUT2D eigenvalue weighted by molar-refractivity contribution is 5.96. The van der Waals surface area contributed by atoms with Crippen molar-refractivity contribution in [1.29, 1.82) is 0 Å². The van der Waals surface area contributed by atoms with Crippen molar-refractivity contribution >= 4 is 24.0 Å². The lowest BCUT2D eigenvalue weighted by molar-refractivity contribution is 0.112. The molecule has 2 aromatic rings. The van der Waals surface area contributed by atoms with Crippen LogP contribution in [-0.2, 0) is 0 Å². The van der Waals surface area contributed by atoms with Crippen LogP contribution in [0.3, 0.4) is 0 Å². The van der Waals surface area contributed by atoms with Gasteiger partial charge in [-0.2, -0.15) is 0 Å². The van der Waals surface area contributed by atoms with Crippen LogP contribution in [0.15, 0.2) is 42.0 Å². The standard InChI is InChI=1S/C22H20FNO/c1-24-10-8-18(9-11-24)22-20-12-15(14-25)2-3-16(20)4-5-17-6-7-19(23)13-21(17)22/h2-7,12-14H,8-11H2,1H3. The lowest BCUT2D eigenvalue weighted by Gasteiger charge is -2.27. The van der Waals surface area contributed by atoms with Gasteiger partial charge in [0.1, 0.15) is 12.1 Å². The lowest BCUT2D eigenvalue weighted by atomic mass is 9.85. The molecule has 25 heavy (non-hydrogen) atoms. The molecule has 0 N–H and O–H groups in total. The highest BCUT2D eigenvalue weighted by atomic mass is 19.1. The first-order valence-corrected chi connectivity index (χ1v) is 8.64. The Kier molecular flexibility index (Phi) is 4.10. The maximum atomic E-state index is 14.0. The Morgan fingerprint density at radius 1 is 0.960 bits per heavy atom. The van der Waals surface area contributed by atoms with Crippen LogP contribution in [0.2, 0.25) is 0 Å². The van der Waals surface area contributed by atoms with Gasteiger partial charge in [-0.25, -0.2) is 4.39 Å². The second-order valence-corrected chi connectivity index (χ2v) is 6.81. The van der Waals surface area contributed by atoms with Gasteiger partial charge in [-0.15, -0.1) is 0 Å². The van der Waals surface area contributed by atoms with E-state index >= 15 is 0 Å². The molecular weight excluding hydrogens is 313 g/mol. The van der Waals surface area contributed by atoms with Gasteiger partial charge in [-0.3, -0.25) is 4.79 Å². The van der Waals surface area contributed by atoms with Gasteiger partial charge in [0.15, 0.2) is 0 Å². The summed E-state index contributed by atoms with van der Waals surface area (Å²) in [6.07, 6.45) is 6.90. The number of fused-ring (bicyclic) bond motifs is 2. The van der Waals surface area contributed by atoms with E-state index in [0.29, 0.717) is 5.56 Å². The number of hydrogen-bond donors (Lipinski definition) is 0. The van der Waals surface area contributed by atoms with Crippen molar-refractivity contribution in [2.24, 2.45) is 0 Å². The van der Waals surface area contributed by atoms with Crippen molar-refractivity contribution in [2.45, 2.75) is 12.8 Å². The largest absolute Gasteiger partial charge is 0.306 e. The first-order valence-electron chi connectivity index (χ1n) is 8.64. The third-order valence-electron chi connectivity index (χ3n) is 5.15. The maximum Gasteiger partial charge on any atom is 0.150 e. The second kappa shape index (κ2) is 6.41. The van der Waals surface area contributed by atoms with E-state index in [9.17, 15) is 9.18 Å². The highest BCUT2D eigenvalue weighted by Gasteiger charge is 2.22. The summed E-state index contributed by atoms with van der Waals surface area (Å²) in [5, 5.41) is 0. The minimum absolute atomic E-state index is 0.229. The summed E-state index contributed by atoms with van der Waals surface area (Å²) in [6.45, 7) is 2.00.